The summed E-state index contributed by atoms with van der Waals surface area (Å²) < 4.78 is 0. The second kappa shape index (κ2) is 10.0. The van der Waals surface area contributed by atoms with Crippen molar-refractivity contribution in [1.29, 1.82) is 0 Å². The Hall–Kier alpha value is -0.820. The lowest BCUT2D eigenvalue weighted by atomic mass is 9.92. The van der Waals surface area contributed by atoms with E-state index in [0.717, 1.165) is 13.1 Å². The molecular formula is C18H31N. The van der Waals surface area contributed by atoms with E-state index in [-0.39, 0.29) is 0 Å². The van der Waals surface area contributed by atoms with Gasteiger partial charge in [0.1, 0.15) is 0 Å². The SMILES string of the molecule is CCCCCCCC(CNCC)c1ccc(C)cc1. The molecule has 1 nitrogen and oxygen atoms in total. The summed E-state index contributed by atoms with van der Waals surface area (Å²) >= 11 is 0. The summed E-state index contributed by atoms with van der Waals surface area (Å²) in [5.74, 6) is 0.683. The Morgan fingerprint density at radius 1 is 0.947 bits per heavy atom. The second-order valence-corrected chi connectivity index (χ2v) is 5.62. The van der Waals surface area contributed by atoms with Gasteiger partial charge in [-0.25, -0.2) is 0 Å². The van der Waals surface area contributed by atoms with Crippen LogP contribution in [0.15, 0.2) is 24.3 Å². The van der Waals surface area contributed by atoms with E-state index in [1.54, 1.807) is 0 Å². The van der Waals surface area contributed by atoms with Crippen LogP contribution in [0.25, 0.3) is 0 Å². The first kappa shape index (κ1) is 16.2. The van der Waals surface area contributed by atoms with Gasteiger partial charge >= 0.3 is 0 Å². The maximum absolute atomic E-state index is 3.51. The molecule has 1 unspecified atom stereocenters. The molecule has 0 radical (unpaired) electrons. The minimum atomic E-state index is 0.683. The van der Waals surface area contributed by atoms with E-state index in [9.17, 15) is 0 Å². The van der Waals surface area contributed by atoms with Gasteiger partial charge in [-0.1, -0.05) is 75.8 Å². The number of unbranched alkanes of at least 4 members (excludes halogenated alkanes) is 4. The van der Waals surface area contributed by atoms with Gasteiger partial charge in [0.05, 0.1) is 0 Å². The first-order valence-corrected chi connectivity index (χ1v) is 8.05. The van der Waals surface area contributed by atoms with Gasteiger partial charge in [-0.05, 0) is 31.4 Å². The molecule has 0 aromatic heterocycles. The van der Waals surface area contributed by atoms with Crippen LogP contribution in [0.3, 0.4) is 0 Å². The molecule has 0 aliphatic rings. The van der Waals surface area contributed by atoms with Gasteiger partial charge in [0, 0.05) is 6.54 Å². The molecule has 0 aliphatic heterocycles. The average Bonchev–Trinajstić information content (AvgIpc) is 2.43. The van der Waals surface area contributed by atoms with E-state index < -0.39 is 0 Å². The minimum Gasteiger partial charge on any atom is -0.316 e. The fourth-order valence-corrected chi connectivity index (χ4v) is 2.54. The third-order valence-electron chi connectivity index (χ3n) is 3.85. The Morgan fingerprint density at radius 2 is 1.63 bits per heavy atom. The highest BCUT2D eigenvalue weighted by Gasteiger charge is 2.10. The zero-order valence-corrected chi connectivity index (χ0v) is 13.0. The zero-order valence-electron chi connectivity index (χ0n) is 13.0. The van der Waals surface area contributed by atoms with Crippen LogP contribution < -0.4 is 5.32 Å². The summed E-state index contributed by atoms with van der Waals surface area (Å²) in [4.78, 5) is 0. The number of hydrogen-bond acceptors (Lipinski definition) is 1. The highest BCUT2D eigenvalue weighted by molar-refractivity contribution is 5.24. The predicted octanol–water partition coefficient (Wildman–Crippen LogP) is 5.05. The van der Waals surface area contributed by atoms with Gasteiger partial charge < -0.3 is 5.32 Å². The molecule has 0 amide bonds. The summed E-state index contributed by atoms with van der Waals surface area (Å²) in [6.07, 6.45) is 8.20. The summed E-state index contributed by atoms with van der Waals surface area (Å²) in [7, 11) is 0. The van der Waals surface area contributed by atoms with Gasteiger partial charge in [0.2, 0.25) is 0 Å². The molecule has 0 fully saturated rings. The molecule has 0 bridgehead atoms. The van der Waals surface area contributed by atoms with Crippen molar-refractivity contribution in [2.75, 3.05) is 13.1 Å². The van der Waals surface area contributed by atoms with Crippen molar-refractivity contribution in [1.82, 2.24) is 5.32 Å². The third-order valence-corrected chi connectivity index (χ3v) is 3.85. The van der Waals surface area contributed by atoms with Crippen molar-refractivity contribution in [3.63, 3.8) is 0 Å². The van der Waals surface area contributed by atoms with Crippen molar-refractivity contribution in [2.45, 2.75) is 65.2 Å². The fourth-order valence-electron chi connectivity index (χ4n) is 2.54. The summed E-state index contributed by atoms with van der Waals surface area (Å²) in [6, 6.07) is 9.10. The normalized spacial score (nSPS) is 12.6. The van der Waals surface area contributed by atoms with Crippen LogP contribution in [0.1, 0.15) is 69.4 Å². The second-order valence-electron chi connectivity index (χ2n) is 5.62. The molecule has 1 heteroatoms. The van der Waals surface area contributed by atoms with Gasteiger partial charge in [-0.3, -0.25) is 0 Å². The largest absolute Gasteiger partial charge is 0.316 e. The third kappa shape index (κ3) is 6.77. The Balaban J connectivity index is 2.44. The van der Waals surface area contributed by atoms with E-state index in [1.165, 1.54) is 49.7 Å². The first-order chi connectivity index (χ1) is 9.27. The molecule has 1 rings (SSSR count). The Bertz CT molecular complexity index is 315. The maximum atomic E-state index is 3.51. The number of benzene rings is 1. The minimum absolute atomic E-state index is 0.683. The molecule has 0 saturated heterocycles. The monoisotopic (exact) mass is 261 g/mol. The highest BCUT2D eigenvalue weighted by Crippen LogP contribution is 2.22. The van der Waals surface area contributed by atoms with Gasteiger partial charge in [0.25, 0.3) is 0 Å². The van der Waals surface area contributed by atoms with Crippen molar-refractivity contribution in [3.05, 3.63) is 35.4 Å². The molecule has 108 valence electrons. The van der Waals surface area contributed by atoms with Crippen LogP contribution in [-0.2, 0) is 0 Å². The first-order valence-electron chi connectivity index (χ1n) is 8.05. The van der Waals surface area contributed by atoms with Crippen molar-refractivity contribution < 1.29 is 0 Å². The van der Waals surface area contributed by atoms with Crippen LogP contribution in [0.2, 0.25) is 0 Å². The lowest BCUT2D eigenvalue weighted by Gasteiger charge is -2.18. The van der Waals surface area contributed by atoms with Crippen LogP contribution in [0.5, 0.6) is 0 Å². The number of nitrogens with one attached hydrogen (secondary N) is 1. The van der Waals surface area contributed by atoms with E-state index in [0.29, 0.717) is 5.92 Å². The Labute approximate surface area is 119 Å². The highest BCUT2D eigenvalue weighted by atomic mass is 14.8. The van der Waals surface area contributed by atoms with E-state index in [2.05, 4.69) is 50.4 Å². The molecule has 1 aromatic carbocycles. The van der Waals surface area contributed by atoms with Crippen LogP contribution in [0, 0.1) is 6.92 Å². The van der Waals surface area contributed by atoms with Crippen molar-refractivity contribution in [3.8, 4) is 0 Å². The fraction of sp³-hybridized carbons (Fsp3) is 0.667. The van der Waals surface area contributed by atoms with Crippen molar-refractivity contribution >= 4 is 0 Å². The molecule has 1 aromatic rings. The molecule has 1 N–H and O–H groups in total. The van der Waals surface area contributed by atoms with Crippen LogP contribution in [-0.4, -0.2) is 13.1 Å². The molecule has 0 spiro atoms. The van der Waals surface area contributed by atoms with Crippen molar-refractivity contribution in [2.24, 2.45) is 0 Å². The quantitative estimate of drug-likeness (QED) is 0.581. The number of likely N-dealkylation sites (N-methyl/N-ethyl adjacent to an activating group) is 1. The number of rotatable bonds is 10. The summed E-state index contributed by atoms with van der Waals surface area (Å²) in [5, 5.41) is 3.51. The van der Waals surface area contributed by atoms with Gasteiger partial charge in [0.15, 0.2) is 0 Å². The van der Waals surface area contributed by atoms with E-state index >= 15 is 0 Å². The number of aryl methyl sites for hydroxylation is 1. The lowest BCUT2D eigenvalue weighted by Crippen LogP contribution is -2.21. The Morgan fingerprint density at radius 3 is 2.26 bits per heavy atom. The molecule has 0 aliphatic carbocycles. The van der Waals surface area contributed by atoms with Gasteiger partial charge in [-0.15, -0.1) is 0 Å². The van der Waals surface area contributed by atoms with Gasteiger partial charge in [-0.2, -0.15) is 0 Å². The number of hydrogen-bond donors (Lipinski definition) is 1. The Kier molecular flexibility index (Phi) is 8.57. The van der Waals surface area contributed by atoms with Crippen LogP contribution in [0.4, 0.5) is 0 Å². The standard InChI is InChI=1S/C18H31N/c1-4-6-7-8-9-10-18(15-19-5-2)17-13-11-16(3)12-14-17/h11-14,18-19H,4-10,15H2,1-3H3. The lowest BCUT2D eigenvalue weighted by molar-refractivity contribution is 0.516. The summed E-state index contributed by atoms with van der Waals surface area (Å²) in [5.41, 5.74) is 2.86. The predicted molar refractivity (Wildman–Crippen MR) is 85.8 cm³/mol. The molecule has 0 heterocycles. The van der Waals surface area contributed by atoms with Crippen LogP contribution >= 0.6 is 0 Å². The maximum Gasteiger partial charge on any atom is 0.00200 e. The zero-order chi connectivity index (χ0) is 13.9. The molecular weight excluding hydrogens is 230 g/mol. The smallest absolute Gasteiger partial charge is 0.00200 e. The van der Waals surface area contributed by atoms with E-state index in [1.807, 2.05) is 0 Å². The van der Waals surface area contributed by atoms with E-state index in [4.69, 9.17) is 0 Å². The average molecular weight is 261 g/mol. The molecule has 19 heavy (non-hydrogen) atoms. The summed E-state index contributed by atoms with van der Waals surface area (Å²) in [6.45, 7) is 8.81. The molecule has 1 atom stereocenters. The topological polar surface area (TPSA) is 12.0 Å². The molecule has 0 saturated carbocycles.